The first kappa shape index (κ1) is 13.7. The first-order valence-corrected chi connectivity index (χ1v) is 5.74. The van der Waals surface area contributed by atoms with Crippen molar-refractivity contribution < 1.29 is 9.84 Å². The fourth-order valence-electron chi connectivity index (χ4n) is 1.15. The second-order valence-electron chi connectivity index (χ2n) is 3.30. The Morgan fingerprint density at radius 2 is 2.00 bits per heavy atom. The van der Waals surface area contributed by atoms with Gasteiger partial charge in [-0.3, -0.25) is 0 Å². The van der Waals surface area contributed by atoms with Gasteiger partial charge in [-0.25, -0.2) is 0 Å². The Balaban J connectivity index is 3.06. The average molecular weight is 285 g/mol. The van der Waals surface area contributed by atoms with E-state index < -0.39 is 6.10 Å². The van der Waals surface area contributed by atoms with Gasteiger partial charge in [-0.2, -0.15) is 0 Å². The first-order valence-electron chi connectivity index (χ1n) is 4.60. The number of rotatable bonds is 4. The van der Waals surface area contributed by atoms with Crippen molar-refractivity contribution in [1.29, 1.82) is 0 Å². The van der Waals surface area contributed by atoms with Gasteiger partial charge in [0.1, 0.15) is 10.0 Å². The second kappa shape index (κ2) is 5.82. The SMILES string of the molecule is COc1c(Cl)c(Cl)cc(NCC(C)O)c1Cl. The van der Waals surface area contributed by atoms with Gasteiger partial charge in [-0.1, -0.05) is 34.8 Å². The van der Waals surface area contributed by atoms with E-state index in [1.54, 1.807) is 13.0 Å². The van der Waals surface area contributed by atoms with E-state index in [1.165, 1.54) is 7.11 Å². The van der Waals surface area contributed by atoms with Gasteiger partial charge < -0.3 is 15.2 Å². The lowest BCUT2D eigenvalue weighted by Gasteiger charge is -2.14. The molecule has 1 unspecified atom stereocenters. The summed E-state index contributed by atoms with van der Waals surface area (Å²) in [4.78, 5) is 0. The summed E-state index contributed by atoms with van der Waals surface area (Å²) in [6.07, 6.45) is -0.489. The maximum atomic E-state index is 9.16. The van der Waals surface area contributed by atoms with Gasteiger partial charge in [0.2, 0.25) is 0 Å². The van der Waals surface area contributed by atoms with E-state index in [0.717, 1.165) is 0 Å². The monoisotopic (exact) mass is 283 g/mol. The summed E-state index contributed by atoms with van der Waals surface area (Å²) < 4.78 is 5.05. The molecular weight excluding hydrogens is 272 g/mol. The van der Waals surface area contributed by atoms with Crippen LogP contribution >= 0.6 is 34.8 Å². The van der Waals surface area contributed by atoms with E-state index in [-0.39, 0.29) is 5.02 Å². The molecule has 0 aromatic heterocycles. The zero-order chi connectivity index (χ0) is 12.3. The molecule has 0 bridgehead atoms. The van der Waals surface area contributed by atoms with Crippen LogP contribution in [0, 0.1) is 0 Å². The van der Waals surface area contributed by atoms with Gasteiger partial charge in [0, 0.05) is 6.54 Å². The summed E-state index contributed by atoms with van der Waals surface area (Å²) in [6, 6.07) is 1.59. The highest BCUT2D eigenvalue weighted by molar-refractivity contribution is 6.45. The van der Waals surface area contributed by atoms with Crippen LogP contribution in [0.4, 0.5) is 5.69 Å². The third-order valence-corrected chi connectivity index (χ3v) is 3.05. The van der Waals surface area contributed by atoms with Crippen molar-refractivity contribution in [2.45, 2.75) is 13.0 Å². The third kappa shape index (κ3) is 3.08. The Hall–Kier alpha value is -0.350. The lowest BCUT2D eigenvalue weighted by molar-refractivity contribution is 0.208. The predicted molar refractivity (Wildman–Crippen MR) is 68.2 cm³/mol. The van der Waals surface area contributed by atoms with Crippen molar-refractivity contribution in [3.05, 3.63) is 21.1 Å². The fraction of sp³-hybridized carbons (Fsp3) is 0.400. The van der Waals surface area contributed by atoms with Crippen molar-refractivity contribution in [3.8, 4) is 5.75 Å². The molecular formula is C10H12Cl3NO2. The van der Waals surface area contributed by atoms with Crippen LogP contribution < -0.4 is 10.1 Å². The number of anilines is 1. The van der Waals surface area contributed by atoms with Crippen LogP contribution in [0.1, 0.15) is 6.92 Å². The zero-order valence-corrected chi connectivity index (χ0v) is 11.1. The molecule has 0 amide bonds. The third-order valence-electron chi connectivity index (χ3n) is 1.91. The number of aliphatic hydroxyl groups is 1. The van der Waals surface area contributed by atoms with Crippen LogP contribution in [-0.4, -0.2) is 24.9 Å². The number of benzene rings is 1. The summed E-state index contributed by atoms with van der Waals surface area (Å²) in [5.41, 5.74) is 0.578. The number of halogens is 3. The molecule has 0 aliphatic carbocycles. The molecule has 90 valence electrons. The van der Waals surface area contributed by atoms with Gasteiger partial charge >= 0.3 is 0 Å². The van der Waals surface area contributed by atoms with Crippen LogP contribution in [-0.2, 0) is 0 Å². The topological polar surface area (TPSA) is 41.5 Å². The molecule has 1 atom stereocenters. The smallest absolute Gasteiger partial charge is 0.159 e. The second-order valence-corrected chi connectivity index (χ2v) is 4.46. The molecule has 1 rings (SSSR count). The highest BCUT2D eigenvalue weighted by atomic mass is 35.5. The molecule has 0 fully saturated rings. The van der Waals surface area contributed by atoms with Crippen molar-refractivity contribution in [2.75, 3.05) is 19.0 Å². The molecule has 0 saturated heterocycles. The van der Waals surface area contributed by atoms with Crippen molar-refractivity contribution in [2.24, 2.45) is 0 Å². The summed E-state index contributed by atoms with van der Waals surface area (Å²) >= 11 is 17.9. The molecule has 0 spiro atoms. The van der Waals surface area contributed by atoms with E-state index in [2.05, 4.69) is 5.32 Å². The molecule has 0 heterocycles. The molecule has 1 aromatic rings. The van der Waals surface area contributed by atoms with Gasteiger partial charge in [0.25, 0.3) is 0 Å². The quantitative estimate of drug-likeness (QED) is 0.832. The van der Waals surface area contributed by atoms with Crippen molar-refractivity contribution >= 4 is 40.5 Å². The maximum absolute atomic E-state index is 9.16. The Morgan fingerprint density at radius 1 is 1.38 bits per heavy atom. The summed E-state index contributed by atoms with van der Waals surface area (Å²) in [5.74, 6) is 0.323. The van der Waals surface area contributed by atoms with Crippen molar-refractivity contribution in [1.82, 2.24) is 0 Å². The lowest BCUT2D eigenvalue weighted by atomic mass is 10.2. The lowest BCUT2D eigenvalue weighted by Crippen LogP contribution is -2.15. The van der Waals surface area contributed by atoms with Gasteiger partial charge in [0.15, 0.2) is 5.75 Å². The number of ether oxygens (including phenoxy) is 1. The van der Waals surface area contributed by atoms with E-state index in [9.17, 15) is 0 Å². The molecule has 0 radical (unpaired) electrons. The van der Waals surface area contributed by atoms with Crippen LogP contribution in [0.15, 0.2) is 6.07 Å². The highest BCUT2D eigenvalue weighted by Gasteiger charge is 2.15. The van der Waals surface area contributed by atoms with E-state index in [1.807, 2.05) is 0 Å². The highest BCUT2D eigenvalue weighted by Crippen LogP contribution is 2.42. The molecule has 3 nitrogen and oxygen atoms in total. The van der Waals surface area contributed by atoms with E-state index in [4.69, 9.17) is 44.6 Å². The minimum absolute atomic E-state index is 0.275. The van der Waals surface area contributed by atoms with Gasteiger partial charge in [-0.15, -0.1) is 0 Å². The number of nitrogens with one attached hydrogen (secondary N) is 1. The normalized spacial score (nSPS) is 12.4. The van der Waals surface area contributed by atoms with Gasteiger partial charge in [-0.05, 0) is 13.0 Å². The van der Waals surface area contributed by atoms with E-state index in [0.29, 0.717) is 28.0 Å². The summed E-state index contributed by atoms with van der Waals surface area (Å²) in [7, 11) is 1.46. The molecule has 6 heteroatoms. The van der Waals surface area contributed by atoms with Crippen LogP contribution in [0.3, 0.4) is 0 Å². The molecule has 1 aromatic carbocycles. The number of hydrogen-bond donors (Lipinski definition) is 2. The zero-order valence-electron chi connectivity index (χ0n) is 8.85. The van der Waals surface area contributed by atoms with Crippen LogP contribution in [0.2, 0.25) is 15.1 Å². The standard InChI is InChI=1S/C10H12Cl3NO2/c1-5(15)4-14-7-3-6(11)8(12)10(16-2)9(7)13/h3,5,14-15H,4H2,1-2H3. The van der Waals surface area contributed by atoms with Crippen LogP contribution in [0.25, 0.3) is 0 Å². The average Bonchev–Trinajstić information content (AvgIpc) is 2.22. The van der Waals surface area contributed by atoms with Crippen molar-refractivity contribution in [3.63, 3.8) is 0 Å². The molecule has 16 heavy (non-hydrogen) atoms. The molecule has 0 aliphatic heterocycles. The Bertz CT molecular complexity index is 383. The predicted octanol–water partition coefficient (Wildman–Crippen LogP) is 3.45. The Labute approximate surface area is 109 Å². The summed E-state index contributed by atoms with van der Waals surface area (Å²) in [6.45, 7) is 2.02. The molecule has 0 saturated carbocycles. The summed E-state index contributed by atoms with van der Waals surface area (Å²) in [5, 5.41) is 13.1. The minimum Gasteiger partial charge on any atom is -0.493 e. The number of aliphatic hydroxyl groups excluding tert-OH is 1. The molecule has 2 N–H and O–H groups in total. The minimum atomic E-state index is -0.489. The fourth-order valence-corrected chi connectivity index (χ4v) is 1.91. The first-order chi connectivity index (χ1) is 7.47. The Morgan fingerprint density at radius 3 is 2.50 bits per heavy atom. The van der Waals surface area contributed by atoms with Crippen LogP contribution in [0.5, 0.6) is 5.75 Å². The Kier molecular flexibility index (Phi) is 4.99. The number of methoxy groups -OCH3 is 1. The number of hydrogen-bond acceptors (Lipinski definition) is 3. The van der Waals surface area contributed by atoms with Gasteiger partial charge in [0.05, 0.1) is 23.9 Å². The maximum Gasteiger partial charge on any atom is 0.159 e. The molecule has 0 aliphatic rings. The van der Waals surface area contributed by atoms with E-state index >= 15 is 0 Å². The largest absolute Gasteiger partial charge is 0.493 e.